The fourth-order valence-electron chi connectivity index (χ4n) is 2.36. The van der Waals surface area contributed by atoms with Crippen LogP contribution in [-0.4, -0.2) is 29.8 Å². The number of pyridine rings is 1. The van der Waals surface area contributed by atoms with E-state index in [0.29, 0.717) is 10.2 Å². The molecular weight excluding hydrogens is 373 g/mol. The Bertz CT molecular complexity index is 1110. The highest BCUT2D eigenvalue weighted by Crippen LogP contribution is 2.35. The van der Waals surface area contributed by atoms with Gasteiger partial charge in [-0.1, -0.05) is 17.7 Å². The molecule has 132 valence electrons. The van der Waals surface area contributed by atoms with Crippen LogP contribution < -0.4 is 0 Å². The number of hydrogen-bond acceptors (Lipinski definition) is 6. The topological polar surface area (TPSA) is 82.0 Å². The molecule has 0 spiro atoms. The van der Waals surface area contributed by atoms with Crippen LogP contribution in [0.25, 0.3) is 28.8 Å². The summed E-state index contributed by atoms with van der Waals surface area (Å²) in [6.07, 6.45) is -3.09. The van der Waals surface area contributed by atoms with Crippen LogP contribution in [0, 0.1) is 6.92 Å². The summed E-state index contributed by atoms with van der Waals surface area (Å²) in [7, 11) is 0. The van der Waals surface area contributed by atoms with Crippen LogP contribution in [0.1, 0.15) is 11.4 Å². The van der Waals surface area contributed by atoms with Crippen molar-refractivity contribution >= 4 is 17.2 Å². The van der Waals surface area contributed by atoms with E-state index in [9.17, 15) is 13.2 Å². The molecule has 0 amide bonds. The normalized spacial score (nSPS) is 12.0. The molecule has 26 heavy (non-hydrogen) atoms. The number of fused-ring (bicyclic) bond motifs is 1. The van der Waals surface area contributed by atoms with Gasteiger partial charge >= 0.3 is 6.18 Å². The number of halogens is 4. The number of alkyl halides is 3. The van der Waals surface area contributed by atoms with Gasteiger partial charge in [0.2, 0.25) is 0 Å². The van der Waals surface area contributed by atoms with Gasteiger partial charge in [0.05, 0.1) is 0 Å². The lowest BCUT2D eigenvalue weighted by Crippen LogP contribution is -2.13. The van der Waals surface area contributed by atoms with Crippen molar-refractivity contribution in [2.45, 2.75) is 13.1 Å². The van der Waals surface area contributed by atoms with Crippen molar-refractivity contribution in [2.75, 3.05) is 0 Å². The van der Waals surface area contributed by atoms with Gasteiger partial charge in [-0.15, -0.1) is 10.2 Å². The maximum absolute atomic E-state index is 13.3. The zero-order valence-corrected chi connectivity index (χ0v) is 13.7. The highest BCUT2D eigenvalue weighted by Gasteiger charge is 2.36. The van der Waals surface area contributed by atoms with Crippen LogP contribution in [0.2, 0.25) is 5.02 Å². The lowest BCUT2D eigenvalue weighted by Gasteiger charge is -2.09. The molecule has 0 bridgehead atoms. The van der Waals surface area contributed by atoms with Crippen molar-refractivity contribution in [1.82, 2.24) is 29.8 Å². The first-order valence-corrected chi connectivity index (χ1v) is 7.61. The van der Waals surface area contributed by atoms with E-state index in [1.165, 1.54) is 6.92 Å². The Morgan fingerprint density at radius 3 is 2.62 bits per heavy atom. The third-order valence-electron chi connectivity index (χ3n) is 3.46. The highest BCUT2D eigenvalue weighted by molar-refractivity contribution is 6.35. The molecule has 4 aromatic heterocycles. The van der Waals surface area contributed by atoms with Crippen molar-refractivity contribution in [3.8, 4) is 23.2 Å². The summed E-state index contributed by atoms with van der Waals surface area (Å²) in [5.74, 6) is -0.0409. The van der Waals surface area contributed by atoms with Crippen LogP contribution in [-0.2, 0) is 6.18 Å². The minimum absolute atomic E-state index is 0.0916. The lowest BCUT2D eigenvalue weighted by molar-refractivity contribution is -0.142. The van der Waals surface area contributed by atoms with Crippen LogP contribution >= 0.6 is 11.6 Å². The third-order valence-corrected chi connectivity index (χ3v) is 3.81. The number of aromatic nitrogens is 6. The Balaban J connectivity index is 1.88. The van der Waals surface area contributed by atoms with Crippen molar-refractivity contribution in [1.29, 1.82) is 0 Å². The fraction of sp³-hybridized carbons (Fsp3) is 0.133. The number of aryl methyl sites for hydroxylation is 1. The van der Waals surface area contributed by atoms with Crippen LogP contribution in [0.5, 0.6) is 0 Å². The van der Waals surface area contributed by atoms with Gasteiger partial charge in [-0.05, 0) is 25.1 Å². The summed E-state index contributed by atoms with van der Waals surface area (Å²) in [6.45, 7) is 1.43. The standard InChI is InChI=1S/C15H8ClF3N6O/c1-7-6-9(15(17,18)19)25-12(21-7)10(16)11(24-25)14-23-22-13(26-14)8-4-2-3-5-20-8/h2-6H,1H3. The average Bonchev–Trinajstić information content (AvgIpc) is 3.20. The molecular formula is C15H8ClF3N6O. The monoisotopic (exact) mass is 380 g/mol. The molecule has 0 unspecified atom stereocenters. The van der Waals surface area contributed by atoms with Crippen molar-refractivity contribution in [3.63, 3.8) is 0 Å². The molecule has 0 N–H and O–H groups in total. The molecule has 0 saturated carbocycles. The summed E-state index contributed by atoms with van der Waals surface area (Å²) in [4.78, 5) is 8.09. The second kappa shape index (κ2) is 5.77. The molecule has 0 aliphatic carbocycles. The Morgan fingerprint density at radius 2 is 1.92 bits per heavy atom. The van der Waals surface area contributed by atoms with Gasteiger partial charge in [0.1, 0.15) is 16.4 Å². The summed E-state index contributed by atoms with van der Waals surface area (Å²) in [5, 5.41) is 11.4. The van der Waals surface area contributed by atoms with Gasteiger partial charge in [0, 0.05) is 11.9 Å². The summed E-state index contributed by atoms with van der Waals surface area (Å²) in [5.41, 5.74) is -0.678. The molecule has 4 rings (SSSR count). The van der Waals surface area contributed by atoms with Gasteiger partial charge in [0.25, 0.3) is 11.8 Å². The summed E-state index contributed by atoms with van der Waals surface area (Å²) >= 11 is 6.18. The minimum atomic E-state index is -4.63. The smallest absolute Gasteiger partial charge is 0.413 e. The molecule has 4 aromatic rings. The molecule has 11 heteroatoms. The SMILES string of the molecule is Cc1cc(C(F)(F)F)n2nc(-c3nnc(-c4ccccn4)o3)c(Cl)c2n1. The van der Waals surface area contributed by atoms with Crippen molar-refractivity contribution in [2.24, 2.45) is 0 Å². The quantitative estimate of drug-likeness (QED) is 0.525. The maximum Gasteiger partial charge on any atom is 0.433 e. The molecule has 7 nitrogen and oxygen atoms in total. The predicted molar refractivity (Wildman–Crippen MR) is 84.3 cm³/mol. The average molecular weight is 381 g/mol. The molecule has 0 fully saturated rings. The van der Waals surface area contributed by atoms with Gasteiger partial charge in [-0.2, -0.15) is 18.3 Å². The first kappa shape index (κ1) is 16.5. The Kier molecular flexibility index (Phi) is 3.65. The van der Waals surface area contributed by atoms with Crippen LogP contribution in [0.15, 0.2) is 34.9 Å². The first-order chi connectivity index (χ1) is 12.3. The van der Waals surface area contributed by atoms with Crippen molar-refractivity contribution < 1.29 is 17.6 Å². The lowest BCUT2D eigenvalue weighted by atomic mass is 10.3. The van der Waals surface area contributed by atoms with Gasteiger partial charge in [0.15, 0.2) is 11.3 Å². The second-order valence-corrected chi connectivity index (χ2v) is 5.68. The first-order valence-electron chi connectivity index (χ1n) is 7.23. The van der Waals surface area contributed by atoms with Crippen LogP contribution in [0.4, 0.5) is 13.2 Å². The van der Waals surface area contributed by atoms with E-state index < -0.39 is 11.9 Å². The fourth-order valence-corrected chi connectivity index (χ4v) is 2.60. The molecule has 0 aromatic carbocycles. The van der Waals surface area contributed by atoms with Crippen molar-refractivity contribution in [3.05, 3.63) is 46.9 Å². The Labute approximate surface area is 148 Å². The summed E-state index contributed by atoms with van der Waals surface area (Å²) in [6, 6.07) is 5.97. The zero-order chi connectivity index (χ0) is 18.5. The molecule has 0 aliphatic rings. The third kappa shape index (κ3) is 2.68. The number of nitrogens with zero attached hydrogens (tertiary/aromatic N) is 6. The largest absolute Gasteiger partial charge is 0.433 e. The van der Waals surface area contributed by atoms with E-state index in [2.05, 4.69) is 25.3 Å². The molecule has 0 aliphatic heterocycles. The highest BCUT2D eigenvalue weighted by atomic mass is 35.5. The van der Waals surface area contributed by atoms with E-state index in [0.717, 1.165) is 6.07 Å². The zero-order valence-electron chi connectivity index (χ0n) is 13.0. The van der Waals surface area contributed by atoms with E-state index in [-0.39, 0.29) is 33.8 Å². The molecule has 0 saturated heterocycles. The van der Waals surface area contributed by atoms with E-state index in [1.54, 1.807) is 24.4 Å². The second-order valence-electron chi connectivity index (χ2n) is 5.31. The van der Waals surface area contributed by atoms with E-state index in [4.69, 9.17) is 16.0 Å². The van der Waals surface area contributed by atoms with Gasteiger partial charge in [-0.25, -0.2) is 9.50 Å². The number of hydrogen-bond donors (Lipinski definition) is 0. The minimum Gasteiger partial charge on any atom is -0.413 e. The van der Waals surface area contributed by atoms with Gasteiger partial charge in [-0.3, -0.25) is 4.98 Å². The Hall–Kier alpha value is -3.01. The van der Waals surface area contributed by atoms with Gasteiger partial charge < -0.3 is 4.42 Å². The molecule has 0 radical (unpaired) electrons. The number of rotatable bonds is 2. The van der Waals surface area contributed by atoms with E-state index >= 15 is 0 Å². The molecule has 4 heterocycles. The maximum atomic E-state index is 13.3. The molecule has 0 atom stereocenters. The predicted octanol–water partition coefficient (Wildman–Crippen LogP) is 3.82. The van der Waals surface area contributed by atoms with E-state index in [1.807, 2.05) is 0 Å². The van der Waals surface area contributed by atoms with Crippen LogP contribution in [0.3, 0.4) is 0 Å². The summed E-state index contributed by atoms with van der Waals surface area (Å²) < 4.78 is 45.9. The Morgan fingerprint density at radius 1 is 1.15 bits per heavy atom.